The molecule has 14 N–H and O–H groups in total. The first kappa shape index (κ1) is 27.2. The van der Waals surface area contributed by atoms with E-state index in [1.165, 1.54) is 12.5 Å². The van der Waals surface area contributed by atoms with E-state index in [-0.39, 0.29) is 37.7 Å². The van der Waals surface area contributed by atoms with Gasteiger partial charge in [0.05, 0.1) is 12.4 Å². The van der Waals surface area contributed by atoms with Crippen molar-refractivity contribution in [3.63, 3.8) is 0 Å². The first-order valence-electron chi connectivity index (χ1n) is 10.3. The minimum Gasteiger partial charge on any atom is -0.480 e. The zero-order valence-corrected chi connectivity index (χ0v) is 18.2. The van der Waals surface area contributed by atoms with Gasteiger partial charge in [-0.15, -0.1) is 0 Å². The van der Waals surface area contributed by atoms with Gasteiger partial charge in [-0.1, -0.05) is 0 Å². The Kier molecular flexibility index (Phi) is 11.7. The molecule has 3 unspecified atom stereocenters. The minimum atomic E-state index is -1.24. The monoisotopic (exact) mass is 467 g/mol. The van der Waals surface area contributed by atoms with Crippen molar-refractivity contribution >= 4 is 29.7 Å². The third kappa shape index (κ3) is 11.3. The van der Waals surface area contributed by atoms with Crippen molar-refractivity contribution < 1.29 is 19.5 Å². The Hall–Kier alpha value is -3.88. The standard InChI is InChI=1S/C18H33N11O4/c19-11(3-1-5-25-17(20)21)14(30)28-12(4-2-6-26-18(22)23)15(31)29-13(16(32)33)7-10-8-24-9-27-10/h8-9,11-13H,1-7,19H2,(H,24,27)(H,28,30)(H,29,31)(H,32,33)(H4,20,21,25)(H4,22,23,26). The van der Waals surface area contributed by atoms with Crippen molar-refractivity contribution in [2.45, 2.75) is 50.2 Å². The molecule has 1 aromatic heterocycles. The van der Waals surface area contributed by atoms with Gasteiger partial charge in [-0.25, -0.2) is 9.78 Å². The number of carboxylic acids is 1. The maximum atomic E-state index is 12.8. The Morgan fingerprint density at radius 2 is 1.55 bits per heavy atom. The number of amides is 2. The number of aromatic nitrogens is 2. The molecule has 0 aromatic carbocycles. The van der Waals surface area contributed by atoms with Crippen molar-refractivity contribution in [2.24, 2.45) is 38.7 Å². The summed E-state index contributed by atoms with van der Waals surface area (Å²) in [7, 11) is 0. The van der Waals surface area contributed by atoms with Crippen molar-refractivity contribution in [2.75, 3.05) is 13.1 Å². The highest BCUT2D eigenvalue weighted by molar-refractivity contribution is 5.91. The fraction of sp³-hybridized carbons (Fsp3) is 0.556. The lowest BCUT2D eigenvalue weighted by atomic mass is 10.1. The second kappa shape index (κ2) is 14.2. The van der Waals surface area contributed by atoms with Crippen molar-refractivity contribution in [3.05, 3.63) is 18.2 Å². The van der Waals surface area contributed by atoms with Gasteiger partial charge in [0.15, 0.2) is 11.9 Å². The summed E-state index contributed by atoms with van der Waals surface area (Å²) in [6.07, 6.45) is 4.09. The molecule has 0 bridgehead atoms. The number of H-pyrrole nitrogens is 1. The summed E-state index contributed by atoms with van der Waals surface area (Å²) in [5.74, 6) is -2.64. The summed E-state index contributed by atoms with van der Waals surface area (Å²) in [4.78, 5) is 51.2. The molecule has 0 aliphatic heterocycles. The Morgan fingerprint density at radius 3 is 2.06 bits per heavy atom. The highest BCUT2D eigenvalue weighted by Crippen LogP contribution is 2.05. The molecule has 3 atom stereocenters. The second-order valence-electron chi connectivity index (χ2n) is 7.25. The number of carbonyl (C=O) groups is 3. The molecule has 1 aromatic rings. The number of carbonyl (C=O) groups excluding carboxylic acids is 2. The predicted octanol–water partition coefficient (Wildman–Crippen LogP) is -3.56. The van der Waals surface area contributed by atoms with Crippen LogP contribution in [0, 0.1) is 0 Å². The highest BCUT2D eigenvalue weighted by Gasteiger charge is 2.28. The molecule has 15 nitrogen and oxygen atoms in total. The molecular formula is C18H33N11O4. The van der Waals surface area contributed by atoms with Crippen LogP contribution in [0.4, 0.5) is 0 Å². The van der Waals surface area contributed by atoms with Gasteiger partial charge in [0.1, 0.15) is 12.1 Å². The molecular weight excluding hydrogens is 434 g/mol. The van der Waals surface area contributed by atoms with E-state index in [2.05, 4.69) is 30.6 Å². The lowest BCUT2D eigenvalue weighted by Gasteiger charge is -2.22. The van der Waals surface area contributed by atoms with E-state index in [4.69, 9.17) is 28.7 Å². The zero-order valence-electron chi connectivity index (χ0n) is 18.2. The van der Waals surface area contributed by atoms with Gasteiger partial charge >= 0.3 is 5.97 Å². The summed E-state index contributed by atoms with van der Waals surface area (Å²) in [6, 6.07) is -3.19. The van der Waals surface area contributed by atoms with E-state index in [1.807, 2.05) is 0 Å². The number of nitrogens with one attached hydrogen (secondary N) is 3. The number of aliphatic carboxylic acids is 1. The van der Waals surface area contributed by atoms with Crippen LogP contribution in [0.3, 0.4) is 0 Å². The number of guanidine groups is 2. The number of imidazole rings is 1. The first-order chi connectivity index (χ1) is 15.6. The topological polar surface area (TPSA) is 279 Å². The highest BCUT2D eigenvalue weighted by atomic mass is 16.4. The minimum absolute atomic E-state index is 0.0138. The van der Waals surface area contributed by atoms with E-state index < -0.39 is 35.9 Å². The number of carboxylic acid groups (broad SMARTS) is 1. The number of aromatic amines is 1. The summed E-state index contributed by atoms with van der Waals surface area (Å²) in [5, 5.41) is 14.5. The molecule has 0 aliphatic rings. The van der Waals surface area contributed by atoms with Crippen LogP contribution in [0.15, 0.2) is 22.5 Å². The number of rotatable bonds is 15. The number of aliphatic imine (C=N–C) groups is 2. The van der Waals surface area contributed by atoms with Crippen LogP contribution in [-0.2, 0) is 20.8 Å². The molecule has 1 heterocycles. The Balaban J connectivity index is 2.78. The summed E-state index contributed by atoms with van der Waals surface area (Å²) < 4.78 is 0. The number of nitrogens with two attached hydrogens (primary N) is 5. The molecule has 33 heavy (non-hydrogen) atoms. The van der Waals surface area contributed by atoms with Crippen molar-refractivity contribution in [3.8, 4) is 0 Å². The molecule has 0 saturated heterocycles. The summed E-state index contributed by atoms with van der Waals surface area (Å²) >= 11 is 0. The Morgan fingerprint density at radius 1 is 0.970 bits per heavy atom. The summed E-state index contributed by atoms with van der Waals surface area (Å²) in [6.45, 7) is 0.530. The number of hydrogen-bond acceptors (Lipinski definition) is 7. The zero-order chi connectivity index (χ0) is 24.8. The quantitative estimate of drug-likeness (QED) is 0.0694. The maximum absolute atomic E-state index is 12.8. The molecule has 0 aliphatic carbocycles. The van der Waals surface area contributed by atoms with Crippen LogP contribution in [0.2, 0.25) is 0 Å². The van der Waals surface area contributed by atoms with E-state index >= 15 is 0 Å². The normalized spacial score (nSPS) is 13.2. The van der Waals surface area contributed by atoms with E-state index in [9.17, 15) is 19.5 Å². The van der Waals surface area contributed by atoms with Crippen LogP contribution in [0.25, 0.3) is 0 Å². The lowest BCUT2D eigenvalue weighted by molar-refractivity contribution is -0.142. The molecule has 2 amide bonds. The fourth-order valence-electron chi connectivity index (χ4n) is 2.79. The molecule has 0 fully saturated rings. The average molecular weight is 468 g/mol. The molecule has 15 heteroatoms. The first-order valence-corrected chi connectivity index (χ1v) is 10.3. The number of hydrogen-bond donors (Lipinski definition) is 9. The second-order valence-corrected chi connectivity index (χ2v) is 7.25. The van der Waals surface area contributed by atoms with E-state index in [0.717, 1.165) is 0 Å². The Labute approximate surface area is 190 Å². The smallest absolute Gasteiger partial charge is 0.326 e. The molecule has 0 spiro atoms. The van der Waals surface area contributed by atoms with Gasteiger partial charge in [-0.05, 0) is 25.7 Å². The van der Waals surface area contributed by atoms with Gasteiger partial charge < -0.3 is 49.4 Å². The average Bonchev–Trinajstić information content (AvgIpc) is 3.25. The third-order valence-electron chi connectivity index (χ3n) is 4.48. The van der Waals surface area contributed by atoms with Crippen molar-refractivity contribution in [1.82, 2.24) is 20.6 Å². The van der Waals surface area contributed by atoms with Gasteiger partial charge in [0, 0.05) is 31.4 Å². The van der Waals surface area contributed by atoms with Gasteiger partial charge in [-0.3, -0.25) is 19.6 Å². The Bertz CT molecular complexity index is 817. The maximum Gasteiger partial charge on any atom is 0.326 e. The summed E-state index contributed by atoms with van der Waals surface area (Å²) in [5.41, 5.74) is 27.5. The van der Waals surface area contributed by atoms with Gasteiger partial charge in [0.2, 0.25) is 11.8 Å². The lowest BCUT2D eigenvalue weighted by Crippen LogP contribution is -2.54. The fourth-order valence-corrected chi connectivity index (χ4v) is 2.79. The third-order valence-corrected chi connectivity index (χ3v) is 4.48. The van der Waals surface area contributed by atoms with Crippen LogP contribution in [0.5, 0.6) is 0 Å². The predicted molar refractivity (Wildman–Crippen MR) is 122 cm³/mol. The van der Waals surface area contributed by atoms with Crippen molar-refractivity contribution in [1.29, 1.82) is 0 Å². The molecule has 0 radical (unpaired) electrons. The van der Waals surface area contributed by atoms with Gasteiger partial charge in [-0.2, -0.15) is 0 Å². The SMILES string of the molecule is NC(N)=NCCCC(N)C(=O)NC(CCCN=C(N)N)C(=O)NC(Cc1cnc[nH]1)C(=O)O. The van der Waals surface area contributed by atoms with Gasteiger partial charge in [0.25, 0.3) is 0 Å². The van der Waals surface area contributed by atoms with E-state index in [0.29, 0.717) is 25.1 Å². The van der Waals surface area contributed by atoms with Crippen LogP contribution >= 0.6 is 0 Å². The van der Waals surface area contributed by atoms with Crippen LogP contribution in [0.1, 0.15) is 31.4 Å². The molecule has 0 saturated carbocycles. The van der Waals surface area contributed by atoms with Crippen LogP contribution in [-0.4, -0.2) is 76.0 Å². The molecule has 184 valence electrons. The largest absolute Gasteiger partial charge is 0.480 e. The van der Waals surface area contributed by atoms with Crippen LogP contribution < -0.4 is 39.3 Å². The van der Waals surface area contributed by atoms with E-state index in [1.54, 1.807) is 0 Å². The molecule has 1 rings (SSSR count). The number of nitrogens with zero attached hydrogens (tertiary/aromatic N) is 3.